The Morgan fingerprint density at radius 1 is 1.25 bits per heavy atom. The fourth-order valence-electron chi connectivity index (χ4n) is 0.545. The second-order valence-corrected chi connectivity index (χ2v) is 2.56. The highest BCUT2D eigenvalue weighted by Crippen LogP contribution is 2.18. The van der Waals surface area contributed by atoms with Crippen molar-refractivity contribution in [3.8, 4) is 0 Å². The molecule has 0 bridgehead atoms. The lowest BCUT2D eigenvalue weighted by Crippen LogP contribution is -2.40. The van der Waals surface area contributed by atoms with E-state index in [9.17, 15) is 13.2 Å². The lowest BCUT2D eigenvalue weighted by molar-refractivity contribution is -0.202. The Bertz CT molecular complexity index is 126. The smallest absolute Gasteiger partial charge is 0.392 e. The van der Waals surface area contributed by atoms with Crippen molar-refractivity contribution >= 4 is 0 Å². The maximum atomic E-state index is 11.6. The van der Waals surface area contributed by atoms with E-state index in [1.54, 1.807) is 0 Å². The quantitative estimate of drug-likeness (QED) is 0.575. The molecule has 0 aromatic heterocycles. The second-order valence-electron chi connectivity index (χ2n) is 2.56. The van der Waals surface area contributed by atoms with Crippen LogP contribution in [0.25, 0.3) is 0 Å². The zero-order valence-corrected chi connectivity index (χ0v) is 6.60. The van der Waals surface area contributed by atoms with Crippen LogP contribution in [-0.4, -0.2) is 41.7 Å². The lowest BCUT2D eigenvalue weighted by Gasteiger charge is -2.15. The molecule has 0 radical (unpaired) electrons. The molecule has 0 aliphatic rings. The van der Waals surface area contributed by atoms with Gasteiger partial charge in [-0.15, -0.1) is 0 Å². The molecule has 2 atom stereocenters. The predicted molar refractivity (Wildman–Crippen MR) is 36.6 cm³/mol. The normalized spacial score (nSPS) is 17.5. The molecule has 0 saturated heterocycles. The van der Waals surface area contributed by atoms with Gasteiger partial charge in [0.05, 0.1) is 6.10 Å². The molecular weight excluding hydrogens is 175 g/mol. The first-order valence-electron chi connectivity index (χ1n) is 3.47. The number of hydrogen-bond donors (Lipinski definition) is 3. The highest BCUT2D eigenvalue weighted by molar-refractivity contribution is 4.68. The van der Waals surface area contributed by atoms with Crippen molar-refractivity contribution in [1.29, 1.82) is 0 Å². The summed E-state index contributed by atoms with van der Waals surface area (Å²) in [7, 11) is 0. The van der Waals surface area contributed by atoms with Gasteiger partial charge in [-0.1, -0.05) is 0 Å². The number of alkyl halides is 3. The van der Waals surface area contributed by atoms with Crippen molar-refractivity contribution in [3.05, 3.63) is 0 Å². The molecule has 3 nitrogen and oxygen atoms in total. The number of hydrogen-bond acceptors (Lipinski definition) is 3. The Morgan fingerprint density at radius 2 is 1.75 bits per heavy atom. The Kier molecular flexibility index (Phi) is 4.51. The summed E-state index contributed by atoms with van der Waals surface area (Å²) in [5.74, 6) is 0. The van der Waals surface area contributed by atoms with Gasteiger partial charge >= 0.3 is 6.18 Å². The molecule has 6 heteroatoms. The van der Waals surface area contributed by atoms with Gasteiger partial charge in [0, 0.05) is 13.1 Å². The van der Waals surface area contributed by atoms with Crippen molar-refractivity contribution in [2.24, 2.45) is 0 Å². The maximum Gasteiger partial charge on any atom is 0.415 e. The Hall–Kier alpha value is -0.330. The van der Waals surface area contributed by atoms with Crippen molar-refractivity contribution in [2.45, 2.75) is 25.3 Å². The molecule has 1 unspecified atom stereocenters. The molecule has 0 fully saturated rings. The van der Waals surface area contributed by atoms with Gasteiger partial charge in [-0.2, -0.15) is 13.2 Å². The van der Waals surface area contributed by atoms with Crippen molar-refractivity contribution in [1.82, 2.24) is 5.32 Å². The maximum absolute atomic E-state index is 11.6. The van der Waals surface area contributed by atoms with Crippen molar-refractivity contribution in [3.63, 3.8) is 0 Å². The number of aliphatic hydroxyl groups excluding tert-OH is 2. The predicted octanol–water partition coefficient (Wildman–Crippen LogP) is -0.120. The topological polar surface area (TPSA) is 52.5 Å². The molecule has 0 heterocycles. The van der Waals surface area contributed by atoms with E-state index in [0.29, 0.717) is 0 Å². The zero-order valence-electron chi connectivity index (χ0n) is 6.60. The largest absolute Gasteiger partial charge is 0.415 e. The van der Waals surface area contributed by atoms with E-state index < -0.39 is 24.9 Å². The summed E-state index contributed by atoms with van der Waals surface area (Å²) in [5, 5.41) is 19.3. The van der Waals surface area contributed by atoms with Crippen LogP contribution in [0.2, 0.25) is 0 Å². The van der Waals surface area contributed by atoms with Crippen LogP contribution < -0.4 is 5.32 Å². The van der Waals surface area contributed by atoms with Gasteiger partial charge in [0.15, 0.2) is 6.10 Å². The third-order valence-corrected chi connectivity index (χ3v) is 1.16. The molecule has 0 saturated carbocycles. The molecular formula is C6H12F3NO2. The standard InChI is InChI=1S/C6H12F3NO2/c1-4(11)2-10-3-5(12)6(7,8)9/h4-5,10-12H,2-3H2,1H3/t4-,5?/m1/s1. The van der Waals surface area contributed by atoms with Gasteiger partial charge < -0.3 is 15.5 Å². The molecule has 0 spiro atoms. The van der Waals surface area contributed by atoms with Crippen molar-refractivity contribution < 1.29 is 23.4 Å². The fourth-order valence-corrected chi connectivity index (χ4v) is 0.545. The average molecular weight is 187 g/mol. The molecule has 74 valence electrons. The monoisotopic (exact) mass is 187 g/mol. The summed E-state index contributed by atoms with van der Waals surface area (Å²) in [5.41, 5.74) is 0. The number of aliphatic hydroxyl groups is 2. The molecule has 3 N–H and O–H groups in total. The minimum atomic E-state index is -4.59. The van der Waals surface area contributed by atoms with Crippen LogP contribution >= 0.6 is 0 Å². The van der Waals surface area contributed by atoms with E-state index in [1.165, 1.54) is 6.92 Å². The lowest BCUT2D eigenvalue weighted by atomic mass is 10.3. The van der Waals surface area contributed by atoms with Crippen LogP contribution in [0, 0.1) is 0 Å². The van der Waals surface area contributed by atoms with Crippen LogP contribution in [0.4, 0.5) is 13.2 Å². The summed E-state index contributed by atoms with van der Waals surface area (Å²) in [6.45, 7) is 0.883. The Labute approximate surface area is 68.2 Å². The van der Waals surface area contributed by atoms with Gasteiger partial charge in [0.25, 0.3) is 0 Å². The van der Waals surface area contributed by atoms with Gasteiger partial charge in [-0.05, 0) is 6.92 Å². The van der Waals surface area contributed by atoms with E-state index in [2.05, 4.69) is 5.32 Å². The van der Waals surface area contributed by atoms with E-state index in [-0.39, 0.29) is 6.54 Å². The van der Waals surface area contributed by atoms with Gasteiger partial charge in [0.2, 0.25) is 0 Å². The van der Waals surface area contributed by atoms with Gasteiger partial charge in [-0.3, -0.25) is 0 Å². The zero-order chi connectivity index (χ0) is 9.78. The summed E-state index contributed by atoms with van der Waals surface area (Å²) in [4.78, 5) is 0. The first kappa shape index (κ1) is 11.7. The summed E-state index contributed by atoms with van der Waals surface area (Å²) < 4.78 is 34.9. The first-order valence-corrected chi connectivity index (χ1v) is 3.47. The number of rotatable bonds is 4. The molecule has 0 aromatic carbocycles. The molecule has 0 aliphatic carbocycles. The van der Waals surface area contributed by atoms with E-state index >= 15 is 0 Å². The first-order chi connectivity index (χ1) is 5.34. The average Bonchev–Trinajstić information content (AvgIpc) is 1.84. The van der Waals surface area contributed by atoms with Crippen molar-refractivity contribution in [2.75, 3.05) is 13.1 Å². The van der Waals surface area contributed by atoms with E-state index in [1.807, 2.05) is 0 Å². The molecule has 12 heavy (non-hydrogen) atoms. The van der Waals surface area contributed by atoms with Crippen LogP contribution in [0.1, 0.15) is 6.92 Å². The molecule has 0 rings (SSSR count). The molecule has 0 aliphatic heterocycles. The SMILES string of the molecule is C[C@@H](O)CNCC(O)C(F)(F)F. The van der Waals surface area contributed by atoms with Crippen LogP contribution in [0.3, 0.4) is 0 Å². The van der Waals surface area contributed by atoms with Gasteiger partial charge in [-0.25, -0.2) is 0 Å². The number of nitrogens with one attached hydrogen (secondary N) is 1. The minimum Gasteiger partial charge on any atom is -0.392 e. The highest BCUT2D eigenvalue weighted by Gasteiger charge is 2.37. The highest BCUT2D eigenvalue weighted by atomic mass is 19.4. The second kappa shape index (κ2) is 4.64. The third-order valence-electron chi connectivity index (χ3n) is 1.16. The minimum absolute atomic E-state index is 0.0349. The Balaban J connectivity index is 3.51. The summed E-state index contributed by atoms with van der Waals surface area (Å²) in [6, 6.07) is 0. The van der Waals surface area contributed by atoms with E-state index in [4.69, 9.17) is 10.2 Å². The van der Waals surface area contributed by atoms with Crippen LogP contribution in [0.15, 0.2) is 0 Å². The van der Waals surface area contributed by atoms with E-state index in [0.717, 1.165) is 0 Å². The van der Waals surface area contributed by atoms with Crippen LogP contribution in [0.5, 0.6) is 0 Å². The van der Waals surface area contributed by atoms with Gasteiger partial charge in [0.1, 0.15) is 0 Å². The molecule has 0 amide bonds. The summed E-state index contributed by atoms with van der Waals surface area (Å²) >= 11 is 0. The third kappa shape index (κ3) is 5.34. The van der Waals surface area contributed by atoms with Crippen LogP contribution in [-0.2, 0) is 0 Å². The molecule has 0 aromatic rings. The number of halogens is 3. The fraction of sp³-hybridized carbons (Fsp3) is 1.00. The summed E-state index contributed by atoms with van der Waals surface area (Å²) in [6.07, 6.45) is -7.67. The Morgan fingerprint density at radius 3 is 2.08 bits per heavy atom.